The van der Waals surface area contributed by atoms with Crippen LogP contribution in [-0.4, -0.2) is 46.0 Å². The fraction of sp³-hybridized carbons (Fsp3) is 0.524. The molecule has 0 amide bonds. The smallest absolute Gasteiger partial charge is 0.246 e. The highest BCUT2D eigenvalue weighted by molar-refractivity contribution is 8.68. The predicted molar refractivity (Wildman–Crippen MR) is 140 cm³/mol. The first-order valence-electron chi connectivity index (χ1n) is 9.80. The molecular formula is C21H32ClN2O3PS3. The number of hydrogen-bond donors (Lipinski definition) is 1. The summed E-state index contributed by atoms with van der Waals surface area (Å²) in [7, 11) is 3.24. The minimum absolute atomic E-state index is 0.00956. The summed E-state index contributed by atoms with van der Waals surface area (Å²) in [4.78, 5) is 7.96. The van der Waals surface area contributed by atoms with Crippen LogP contribution in [0.5, 0.6) is 0 Å². The van der Waals surface area contributed by atoms with Crippen molar-refractivity contribution in [3.8, 4) is 0 Å². The molecule has 0 aliphatic carbocycles. The average molecular weight is 523 g/mol. The van der Waals surface area contributed by atoms with Crippen molar-refractivity contribution < 1.29 is 14.2 Å². The normalized spacial score (nSPS) is 13.6. The minimum Gasteiger partial charge on any atom is -0.380 e. The maximum Gasteiger partial charge on any atom is 0.246 e. The predicted octanol–water partition coefficient (Wildman–Crippen LogP) is 6.40. The van der Waals surface area contributed by atoms with E-state index in [2.05, 4.69) is 23.8 Å². The number of aromatic nitrogens is 2. The third kappa shape index (κ3) is 9.30. The van der Waals surface area contributed by atoms with E-state index in [9.17, 15) is 5.11 Å². The Bertz CT molecular complexity index is 805. The molecule has 1 heterocycles. The van der Waals surface area contributed by atoms with Gasteiger partial charge >= 0.3 is 0 Å². The lowest BCUT2D eigenvalue weighted by Gasteiger charge is -2.32. The lowest BCUT2D eigenvalue weighted by atomic mass is 9.79. The molecule has 10 heteroatoms. The van der Waals surface area contributed by atoms with Gasteiger partial charge < -0.3 is 14.2 Å². The Morgan fingerprint density at radius 2 is 1.58 bits per heavy atom. The van der Waals surface area contributed by atoms with E-state index in [1.54, 1.807) is 50.1 Å². The highest BCUT2D eigenvalue weighted by atomic mass is 35.5. The fourth-order valence-electron chi connectivity index (χ4n) is 2.65. The van der Waals surface area contributed by atoms with Crippen molar-refractivity contribution in [1.82, 2.24) is 9.97 Å². The van der Waals surface area contributed by atoms with Crippen molar-refractivity contribution in [3.05, 3.63) is 59.1 Å². The molecule has 2 rings (SSSR count). The largest absolute Gasteiger partial charge is 0.380 e. The third-order valence-corrected chi connectivity index (χ3v) is 11.8. The number of benzene rings is 1. The molecule has 0 saturated heterocycles. The molecule has 0 saturated carbocycles. The van der Waals surface area contributed by atoms with Crippen LogP contribution in [0.15, 0.2) is 43.0 Å². The van der Waals surface area contributed by atoms with Gasteiger partial charge in [0.15, 0.2) is 0 Å². The summed E-state index contributed by atoms with van der Waals surface area (Å²) in [6.07, 6.45) is 4.73. The van der Waals surface area contributed by atoms with Gasteiger partial charge in [-0.25, -0.2) is 9.97 Å². The van der Waals surface area contributed by atoms with E-state index in [4.69, 9.17) is 32.5 Å². The molecule has 0 spiro atoms. The quantitative estimate of drug-likeness (QED) is 0.284. The van der Waals surface area contributed by atoms with Gasteiger partial charge in [-0.3, -0.25) is 0 Å². The highest BCUT2D eigenvalue weighted by Crippen LogP contribution is 2.59. The zero-order chi connectivity index (χ0) is 23.5. The van der Waals surface area contributed by atoms with Crippen molar-refractivity contribution in [3.63, 3.8) is 0 Å². The van der Waals surface area contributed by atoms with Crippen molar-refractivity contribution in [2.45, 2.75) is 38.5 Å². The average Bonchev–Trinajstić information content (AvgIpc) is 2.77. The maximum absolute atomic E-state index is 11.0. The second kappa shape index (κ2) is 14.2. The molecule has 31 heavy (non-hydrogen) atoms. The van der Waals surface area contributed by atoms with E-state index in [0.717, 1.165) is 17.1 Å². The number of aliphatic hydroxyl groups is 1. The van der Waals surface area contributed by atoms with E-state index in [-0.39, 0.29) is 5.92 Å². The van der Waals surface area contributed by atoms with Gasteiger partial charge in [0.25, 0.3) is 0 Å². The molecule has 1 aromatic heterocycles. The Kier molecular flexibility index (Phi) is 13.2. The van der Waals surface area contributed by atoms with Crippen LogP contribution in [0.2, 0.25) is 5.02 Å². The first-order valence-corrected chi connectivity index (χ1v) is 15.5. The number of rotatable bonds is 10. The summed E-state index contributed by atoms with van der Waals surface area (Å²) in [5, 5.41) is 12.3. The van der Waals surface area contributed by atoms with Crippen LogP contribution in [0, 0.1) is 5.92 Å². The Labute approximate surface area is 205 Å². The molecule has 1 atom stereocenters. The van der Waals surface area contributed by atoms with Gasteiger partial charge in [-0.05, 0) is 40.7 Å². The number of thioether (sulfide) groups is 1. The van der Waals surface area contributed by atoms with E-state index in [0.29, 0.717) is 15.8 Å². The summed E-state index contributed by atoms with van der Waals surface area (Å²) < 4.78 is 10.3. The van der Waals surface area contributed by atoms with Crippen LogP contribution >= 0.6 is 40.4 Å². The van der Waals surface area contributed by atoms with Gasteiger partial charge in [-0.15, -0.1) is 0 Å². The molecule has 0 radical (unpaired) electrons. The highest BCUT2D eigenvalue weighted by Gasteiger charge is 2.35. The van der Waals surface area contributed by atoms with Crippen LogP contribution < -0.4 is 0 Å². The zero-order valence-corrected chi connectivity index (χ0v) is 22.9. The standard InChI is InChI=1S/C14H15ClN2O.C7H17O2PS3/c1-10(2)14(18,12-7-16-9-17-8-12)11-3-5-13(15)6-4-11;1-7(2)12-5-6-13-10(11,8-3)9-4/h3-10,18H,1-2H3;7H,5-6H2,1-4H3. The molecule has 2 aromatic rings. The van der Waals surface area contributed by atoms with Crippen molar-refractivity contribution in [2.75, 3.05) is 25.7 Å². The van der Waals surface area contributed by atoms with Crippen molar-refractivity contribution >= 4 is 52.2 Å². The number of halogens is 1. The molecule has 0 fully saturated rings. The monoisotopic (exact) mass is 522 g/mol. The molecule has 5 nitrogen and oxygen atoms in total. The van der Waals surface area contributed by atoms with E-state index < -0.39 is 11.3 Å². The first kappa shape index (κ1) is 28.9. The summed E-state index contributed by atoms with van der Waals surface area (Å²) >= 11 is 14.6. The van der Waals surface area contributed by atoms with E-state index in [1.165, 1.54) is 6.33 Å². The lowest BCUT2D eigenvalue weighted by molar-refractivity contribution is 0.0311. The Morgan fingerprint density at radius 1 is 1.03 bits per heavy atom. The lowest BCUT2D eigenvalue weighted by Crippen LogP contribution is -2.33. The molecule has 174 valence electrons. The van der Waals surface area contributed by atoms with Crippen LogP contribution in [-0.2, 0) is 26.5 Å². The Morgan fingerprint density at radius 3 is 2.03 bits per heavy atom. The van der Waals surface area contributed by atoms with Gasteiger partial charge in [0.2, 0.25) is 5.69 Å². The fourth-order valence-corrected chi connectivity index (χ4v) is 7.15. The molecule has 1 N–H and O–H groups in total. The van der Waals surface area contributed by atoms with Crippen molar-refractivity contribution in [1.29, 1.82) is 0 Å². The van der Waals surface area contributed by atoms with Gasteiger partial charge in [0.05, 0.1) is 0 Å². The topological polar surface area (TPSA) is 64.5 Å². The second-order valence-corrected chi connectivity index (χ2v) is 15.9. The number of hydrogen-bond acceptors (Lipinski definition) is 8. The SMILES string of the molecule is CC(C)C(O)(c1ccc(Cl)cc1)c1cncnc1.COP(=S)(OC)SCCSC(C)C. The minimum atomic E-state index is -2.00. The first-order chi connectivity index (χ1) is 14.6. The maximum atomic E-state index is 11.0. The van der Waals surface area contributed by atoms with Crippen LogP contribution in [0.25, 0.3) is 0 Å². The summed E-state index contributed by atoms with van der Waals surface area (Å²) in [6, 6.07) is 7.20. The van der Waals surface area contributed by atoms with Crippen LogP contribution in [0.1, 0.15) is 38.8 Å². The van der Waals surface area contributed by atoms with E-state index in [1.807, 2.05) is 37.7 Å². The summed E-state index contributed by atoms with van der Waals surface area (Å²) in [5.74, 6) is 2.10. The molecule has 0 bridgehead atoms. The van der Waals surface area contributed by atoms with Gasteiger partial charge in [0.1, 0.15) is 11.9 Å². The van der Waals surface area contributed by atoms with E-state index >= 15 is 0 Å². The van der Waals surface area contributed by atoms with Crippen LogP contribution in [0.3, 0.4) is 0 Å². The second-order valence-electron chi connectivity index (χ2n) is 7.12. The molecule has 1 aromatic carbocycles. The zero-order valence-electron chi connectivity index (χ0n) is 18.8. The van der Waals surface area contributed by atoms with Gasteiger partial charge in [0, 0.05) is 48.7 Å². The van der Waals surface area contributed by atoms with Crippen molar-refractivity contribution in [2.24, 2.45) is 5.92 Å². The van der Waals surface area contributed by atoms with Crippen LogP contribution in [0.4, 0.5) is 0 Å². The third-order valence-electron chi connectivity index (χ3n) is 4.35. The van der Waals surface area contributed by atoms with Gasteiger partial charge in [-0.2, -0.15) is 11.8 Å². The summed E-state index contributed by atoms with van der Waals surface area (Å²) in [6.45, 7) is 8.30. The Balaban J connectivity index is 0.000000330. The van der Waals surface area contributed by atoms with Gasteiger partial charge in [-0.1, -0.05) is 62.8 Å². The molecule has 0 aliphatic heterocycles. The Hall–Kier alpha value is -0.180. The molecular weight excluding hydrogens is 491 g/mol. The molecule has 0 aliphatic rings. The number of nitrogens with zero attached hydrogens (tertiary/aromatic N) is 2. The molecule has 1 unspecified atom stereocenters. The summed E-state index contributed by atoms with van der Waals surface area (Å²) in [5.41, 5.74) is -1.64.